The van der Waals surface area contributed by atoms with E-state index in [4.69, 9.17) is 4.74 Å². The van der Waals surface area contributed by atoms with Crippen LogP contribution in [0.2, 0.25) is 0 Å². The van der Waals surface area contributed by atoms with Crippen molar-refractivity contribution in [3.05, 3.63) is 155 Å². The van der Waals surface area contributed by atoms with Crippen molar-refractivity contribution in [1.82, 2.24) is 26.6 Å². The first-order chi connectivity index (χ1) is 28.1. The SMILES string of the molecule is CC(C)[C@@H]1NC(=O)CNC(=O)C2(NC(=O)OCc3ccccc3)Cc3c(-c4ccccc4)cc(c(-c4ccccc4)c3C2)CNC(=O)[C@H](Cc2ccccc2)NC1=O. The normalized spacial score (nSPS) is 19.7. The molecule has 0 spiro atoms. The molecule has 58 heavy (non-hydrogen) atoms. The average Bonchev–Trinajstić information content (AvgIpc) is 3.63. The van der Waals surface area contributed by atoms with Crippen LogP contribution in [0, 0.1) is 5.92 Å². The monoisotopic (exact) mass is 777 g/mol. The molecule has 1 unspecified atom stereocenters. The fourth-order valence-electron chi connectivity index (χ4n) is 7.86. The molecule has 5 N–H and O–H groups in total. The maximum absolute atomic E-state index is 14.6. The van der Waals surface area contributed by atoms with Crippen molar-refractivity contribution < 1.29 is 28.7 Å². The summed E-state index contributed by atoms with van der Waals surface area (Å²) in [6.07, 6.45) is -0.429. The van der Waals surface area contributed by atoms with Crippen LogP contribution in [0.15, 0.2) is 127 Å². The third kappa shape index (κ3) is 8.94. The number of alkyl carbamates (subject to hydrolysis) is 1. The van der Waals surface area contributed by atoms with Crippen LogP contribution in [0.3, 0.4) is 0 Å². The first kappa shape index (κ1) is 39.5. The van der Waals surface area contributed by atoms with Gasteiger partial charge in [0.25, 0.3) is 0 Å². The fraction of sp³-hybridized carbons (Fsp3) is 0.255. The van der Waals surface area contributed by atoms with Gasteiger partial charge in [0.2, 0.25) is 23.6 Å². The van der Waals surface area contributed by atoms with E-state index in [-0.39, 0.29) is 38.3 Å². The van der Waals surface area contributed by atoms with Crippen LogP contribution in [0.1, 0.15) is 41.7 Å². The van der Waals surface area contributed by atoms with Crippen LogP contribution >= 0.6 is 0 Å². The molecule has 7 rings (SSSR count). The summed E-state index contributed by atoms with van der Waals surface area (Å²) in [6.45, 7) is 3.18. The molecule has 0 saturated carbocycles. The standard InChI is InChI=1S/C47H47N5O6/c1-30(2)42-44(55)50-39(23-31-15-7-3-8-16-31)43(54)48-27-35-24-36(33-19-11-5-12-20-33)37-25-47(45(56)49-28-40(53)51-42,26-38(37)41(35)34-21-13-6-14-22-34)52-46(57)58-29-32-17-9-4-10-18-32/h3-22,24,30,39,42H,23,25-29H2,1-2H3,(H,48,54)(H,49,56)(H,50,55)(H,51,53)(H,52,57)/t39-,42-,47?/m0/s1. The second-order valence-electron chi connectivity index (χ2n) is 15.2. The van der Waals surface area contributed by atoms with E-state index in [2.05, 4.69) is 26.6 Å². The highest BCUT2D eigenvalue weighted by molar-refractivity contribution is 5.98. The average molecular weight is 778 g/mol. The van der Waals surface area contributed by atoms with E-state index in [9.17, 15) is 24.0 Å². The zero-order valence-electron chi connectivity index (χ0n) is 32.5. The molecule has 2 aliphatic rings. The summed E-state index contributed by atoms with van der Waals surface area (Å²) in [4.78, 5) is 70.0. The number of hydrogen-bond donors (Lipinski definition) is 5. The van der Waals surface area contributed by atoms with Crippen LogP contribution < -0.4 is 26.6 Å². The highest BCUT2D eigenvalue weighted by Crippen LogP contribution is 2.44. The number of amides is 5. The van der Waals surface area contributed by atoms with Crippen molar-refractivity contribution in [3.8, 4) is 22.3 Å². The summed E-state index contributed by atoms with van der Waals surface area (Å²) >= 11 is 0. The Morgan fingerprint density at radius 1 is 0.707 bits per heavy atom. The van der Waals surface area contributed by atoms with Gasteiger partial charge < -0.3 is 31.3 Å². The van der Waals surface area contributed by atoms with Gasteiger partial charge in [-0.3, -0.25) is 19.2 Å². The molecule has 1 aliphatic carbocycles. The van der Waals surface area contributed by atoms with Crippen molar-refractivity contribution in [2.45, 2.75) is 63.9 Å². The first-order valence-corrected chi connectivity index (χ1v) is 19.6. The van der Waals surface area contributed by atoms with E-state index in [1.54, 1.807) is 13.8 Å². The molecule has 5 amide bonds. The molecule has 5 aromatic carbocycles. The van der Waals surface area contributed by atoms with Gasteiger partial charge in [0.05, 0.1) is 6.54 Å². The minimum absolute atomic E-state index is 0.0158. The number of carbonyl (C=O) groups excluding carboxylic acids is 5. The molecule has 0 aromatic heterocycles. The summed E-state index contributed by atoms with van der Waals surface area (Å²) in [7, 11) is 0. The van der Waals surface area contributed by atoms with Crippen molar-refractivity contribution in [2.75, 3.05) is 6.54 Å². The number of carbonyl (C=O) groups is 5. The highest BCUT2D eigenvalue weighted by atomic mass is 16.5. The number of hydrogen-bond acceptors (Lipinski definition) is 6. The van der Waals surface area contributed by atoms with E-state index in [1.807, 2.05) is 127 Å². The third-order valence-corrected chi connectivity index (χ3v) is 10.8. The number of rotatable bonds is 8. The highest BCUT2D eigenvalue weighted by Gasteiger charge is 2.48. The maximum atomic E-state index is 14.6. The lowest BCUT2D eigenvalue weighted by Gasteiger charge is -2.29. The second-order valence-corrected chi connectivity index (χ2v) is 15.2. The number of nitrogens with one attached hydrogen (secondary N) is 5. The predicted molar refractivity (Wildman–Crippen MR) is 221 cm³/mol. The minimum Gasteiger partial charge on any atom is -0.445 e. The van der Waals surface area contributed by atoms with Crippen LogP contribution in [-0.2, 0) is 56.3 Å². The van der Waals surface area contributed by atoms with E-state index in [0.717, 1.165) is 50.1 Å². The van der Waals surface area contributed by atoms with Crippen LogP contribution in [0.5, 0.6) is 0 Å². The Morgan fingerprint density at radius 3 is 1.93 bits per heavy atom. The topological polar surface area (TPSA) is 155 Å². The van der Waals surface area contributed by atoms with Gasteiger partial charge in [0.1, 0.15) is 24.2 Å². The molecular formula is C47H47N5O6. The lowest BCUT2D eigenvalue weighted by Crippen LogP contribution is -2.61. The van der Waals surface area contributed by atoms with Crippen molar-refractivity contribution in [2.24, 2.45) is 5.92 Å². The van der Waals surface area contributed by atoms with E-state index in [1.165, 1.54) is 0 Å². The molecule has 11 heteroatoms. The molecule has 1 aliphatic heterocycles. The Bertz CT molecular complexity index is 2290. The molecule has 0 radical (unpaired) electrons. The summed E-state index contributed by atoms with van der Waals surface area (Å²) in [5.74, 6) is -2.47. The fourth-order valence-corrected chi connectivity index (χ4v) is 7.86. The van der Waals surface area contributed by atoms with Gasteiger partial charge in [-0.05, 0) is 62.1 Å². The van der Waals surface area contributed by atoms with Crippen molar-refractivity contribution >= 4 is 29.7 Å². The van der Waals surface area contributed by atoms with E-state index < -0.39 is 53.9 Å². The molecule has 3 atom stereocenters. The molecular weight excluding hydrogens is 731 g/mol. The predicted octanol–water partition coefficient (Wildman–Crippen LogP) is 5.40. The zero-order chi connectivity index (χ0) is 40.6. The quantitative estimate of drug-likeness (QED) is 0.142. The molecule has 3 bridgehead atoms. The molecule has 5 aromatic rings. The summed E-state index contributed by atoms with van der Waals surface area (Å²) in [5.41, 5.74) is 5.89. The Kier molecular flexibility index (Phi) is 12.0. The summed E-state index contributed by atoms with van der Waals surface area (Å²) in [5, 5.41) is 14.5. The van der Waals surface area contributed by atoms with Gasteiger partial charge in [0.15, 0.2) is 0 Å². The summed E-state index contributed by atoms with van der Waals surface area (Å²) < 4.78 is 5.67. The molecule has 296 valence electrons. The Hall–Kier alpha value is -6.75. The van der Waals surface area contributed by atoms with Crippen molar-refractivity contribution in [3.63, 3.8) is 0 Å². The van der Waals surface area contributed by atoms with Gasteiger partial charge in [-0.2, -0.15) is 0 Å². The lowest BCUT2D eigenvalue weighted by atomic mass is 9.86. The van der Waals surface area contributed by atoms with Crippen molar-refractivity contribution in [1.29, 1.82) is 0 Å². The Balaban J connectivity index is 1.35. The lowest BCUT2D eigenvalue weighted by molar-refractivity contribution is -0.133. The smallest absolute Gasteiger partial charge is 0.408 e. The minimum atomic E-state index is -1.57. The van der Waals surface area contributed by atoms with Crippen LogP contribution in [0.25, 0.3) is 22.3 Å². The van der Waals surface area contributed by atoms with Gasteiger partial charge in [0, 0.05) is 25.8 Å². The summed E-state index contributed by atoms with van der Waals surface area (Å²) in [6, 6.07) is 38.2. The third-order valence-electron chi connectivity index (χ3n) is 10.8. The van der Waals surface area contributed by atoms with Gasteiger partial charge in [-0.25, -0.2) is 4.79 Å². The largest absolute Gasteiger partial charge is 0.445 e. The van der Waals surface area contributed by atoms with E-state index >= 15 is 0 Å². The first-order valence-electron chi connectivity index (χ1n) is 19.6. The molecule has 0 fully saturated rings. The zero-order valence-corrected chi connectivity index (χ0v) is 32.5. The number of fused-ring (bicyclic) bond motifs is 2. The second kappa shape index (κ2) is 17.6. The number of ether oxygens (including phenoxy) is 1. The molecule has 0 saturated heterocycles. The van der Waals surface area contributed by atoms with Crippen LogP contribution in [-0.4, -0.2) is 53.9 Å². The van der Waals surface area contributed by atoms with Gasteiger partial charge in [-0.15, -0.1) is 0 Å². The van der Waals surface area contributed by atoms with Gasteiger partial charge in [-0.1, -0.05) is 135 Å². The Labute approximate surface area is 338 Å². The van der Waals surface area contributed by atoms with Crippen LogP contribution in [0.4, 0.5) is 4.79 Å². The number of benzene rings is 5. The molecule has 1 heterocycles. The maximum Gasteiger partial charge on any atom is 0.408 e. The molecule has 11 nitrogen and oxygen atoms in total. The van der Waals surface area contributed by atoms with E-state index in [0.29, 0.717) is 0 Å². The Morgan fingerprint density at radius 2 is 1.29 bits per heavy atom. The van der Waals surface area contributed by atoms with Gasteiger partial charge >= 0.3 is 6.09 Å².